The molecule has 0 radical (unpaired) electrons. The summed E-state index contributed by atoms with van der Waals surface area (Å²) in [4.78, 5) is 15.2. The number of nitrogens with zero attached hydrogens (tertiary/aromatic N) is 2. The highest BCUT2D eigenvalue weighted by molar-refractivity contribution is 14.0. The number of rotatable bonds is 7. The van der Waals surface area contributed by atoms with Crippen LogP contribution in [0.2, 0.25) is 0 Å². The van der Waals surface area contributed by atoms with E-state index in [0.717, 1.165) is 29.9 Å². The van der Waals surface area contributed by atoms with E-state index in [0.29, 0.717) is 25.5 Å². The highest BCUT2D eigenvalue weighted by atomic mass is 127. The van der Waals surface area contributed by atoms with Gasteiger partial charge in [-0.1, -0.05) is 19.0 Å². The Morgan fingerprint density at radius 1 is 1.32 bits per heavy atom. The molecule has 0 spiro atoms. The fraction of sp³-hybridized carbons (Fsp3) is 0.643. The third kappa shape index (κ3) is 6.20. The monoisotopic (exact) mass is 424 g/mol. The number of hydrogen-bond acceptors (Lipinski definition) is 5. The average Bonchev–Trinajstić information content (AvgIpc) is 2.92. The van der Waals surface area contributed by atoms with Crippen molar-refractivity contribution in [3.63, 3.8) is 0 Å². The molecule has 1 aromatic heterocycles. The summed E-state index contributed by atoms with van der Waals surface area (Å²) in [6, 6.07) is 0. The quantitative estimate of drug-likeness (QED) is 0.300. The second-order valence-electron chi connectivity index (χ2n) is 4.42. The van der Waals surface area contributed by atoms with Crippen molar-refractivity contribution in [1.29, 1.82) is 0 Å². The van der Waals surface area contributed by atoms with Gasteiger partial charge in [0.1, 0.15) is 5.76 Å². The predicted octanol–water partition coefficient (Wildman–Crippen LogP) is 1.65. The predicted molar refractivity (Wildman–Crippen MR) is 95.5 cm³/mol. The van der Waals surface area contributed by atoms with E-state index in [9.17, 15) is 4.79 Å². The molecular formula is C14H25IN4O3. The largest absolute Gasteiger partial charge is 0.469 e. The van der Waals surface area contributed by atoms with E-state index in [1.807, 2.05) is 13.8 Å². The summed E-state index contributed by atoms with van der Waals surface area (Å²) in [5.41, 5.74) is 2.04. The first-order valence-corrected chi connectivity index (χ1v) is 7.13. The van der Waals surface area contributed by atoms with Crippen LogP contribution in [-0.2, 0) is 28.9 Å². The summed E-state index contributed by atoms with van der Waals surface area (Å²) in [7, 11) is 3.06. The number of aromatic nitrogens is 1. The van der Waals surface area contributed by atoms with Crippen molar-refractivity contribution in [2.45, 2.75) is 39.7 Å². The standard InChI is InChI=1S/C14H24N4O3.HI/c1-5-11-10(12(6-2)21-18-11)9-17-14(15-3)16-8-7-13(19)20-4;/h5-9H2,1-4H3,(H2,15,16,17);1H. The van der Waals surface area contributed by atoms with Gasteiger partial charge >= 0.3 is 5.97 Å². The Kier molecular flexibility index (Phi) is 10.6. The van der Waals surface area contributed by atoms with Crippen molar-refractivity contribution in [3.8, 4) is 0 Å². The number of hydrogen-bond donors (Lipinski definition) is 2. The number of halogens is 1. The number of aliphatic imine (C=N–C) groups is 1. The van der Waals surface area contributed by atoms with Crippen LogP contribution in [0.15, 0.2) is 9.52 Å². The molecule has 0 unspecified atom stereocenters. The molecule has 0 saturated heterocycles. The molecular weight excluding hydrogens is 399 g/mol. The Bertz CT molecular complexity index is 467. The van der Waals surface area contributed by atoms with Gasteiger partial charge in [-0.05, 0) is 6.42 Å². The SMILES string of the molecule is CCc1noc(CC)c1CNC(=NC)NCCC(=O)OC.I. The van der Waals surface area contributed by atoms with Gasteiger partial charge in [0.15, 0.2) is 5.96 Å². The number of methoxy groups -OCH3 is 1. The van der Waals surface area contributed by atoms with Crippen molar-refractivity contribution >= 4 is 35.9 Å². The minimum atomic E-state index is -0.251. The molecule has 1 rings (SSSR count). The van der Waals surface area contributed by atoms with Gasteiger partial charge in [0.05, 0.1) is 19.2 Å². The van der Waals surface area contributed by atoms with Gasteiger partial charge < -0.3 is 19.9 Å². The molecule has 22 heavy (non-hydrogen) atoms. The normalized spacial score (nSPS) is 10.8. The van der Waals surface area contributed by atoms with E-state index in [4.69, 9.17) is 4.52 Å². The summed E-state index contributed by atoms with van der Waals surface area (Å²) in [5.74, 6) is 1.27. The van der Waals surface area contributed by atoms with Gasteiger partial charge in [-0.3, -0.25) is 9.79 Å². The maximum absolute atomic E-state index is 11.1. The number of carbonyl (C=O) groups is 1. The van der Waals surface area contributed by atoms with Crippen molar-refractivity contribution in [2.24, 2.45) is 4.99 Å². The summed E-state index contributed by atoms with van der Waals surface area (Å²) in [6.07, 6.45) is 1.93. The molecule has 0 saturated carbocycles. The maximum Gasteiger partial charge on any atom is 0.307 e. The fourth-order valence-electron chi connectivity index (χ4n) is 1.92. The molecule has 7 nitrogen and oxygen atoms in total. The second-order valence-corrected chi connectivity index (χ2v) is 4.42. The lowest BCUT2D eigenvalue weighted by atomic mass is 10.1. The minimum Gasteiger partial charge on any atom is -0.469 e. The molecule has 8 heteroatoms. The second kappa shape index (κ2) is 11.3. The Morgan fingerprint density at radius 2 is 2.05 bits per heavy atom. The molecule has 0 aliphatic carbocycles. The molecule has 0 amide bonds. The number of esters is 1. The molecule has 0 bridgehead atoms. The minimum absolute atomic E-state index is 0. The third-order valence-electron chi connectivity index (χ3n) is 3.11. The Hall–Kier alpha value is -1.32. The van der Waals surface area contributed by atoms with Gasteiger partial charge in [0.2, 0.25) is 0 Å². The van der Waals surface area contributed by atoms with Gasteiger partial charge in [-0.15, -0.1) is 24.0 Å². The van der Waals surface area contributed by atoms with Crippen molar-refractivity contribution in [3.05, 3.63) is 17.0 Å². The van der Waals surface area contributed by atoms with E-state index in [2.05, 4.69) is 25.5 Å². The fourth-order valence-corrected chi connectivity index (χ4v) is 1.92. The van der Waals surface area contributed by atoms with Crippen molar-refractivity contribution < 1.29 is 14.1 Å². The zero-order valence-electron chi connectivity index (χ0n) is 13.6. The number of carbonyl (C=O) groups excluding carboxylic acids is 1. The lowest BCUT2D eigenvalue weighted by Gasteiger charge is -2.11. The Balaban J connectivity index is 0.00000441. The van der Waals surface area contributed by atoms with Gasteiger partial charge in [-0.2, -0.15) is 0 Å². The van der Waals surface area contributed by atoms with Crippen LogP contribution >= 0.6 is 24.0 Å². The lowest BCUT2D eigenvalue weighted by molar-refractivity contribution is -0.140. The molecule has 1 aromatic rings. The average molecular weight is 424 g/mol. The molecule has 1 heterocycles. The van der Waals surface area contributed by atoms with Crippen molar-refractivity contribution in [2.75, 3.05) is 20.7 Å². The summed E-state index contributed by atoms with van der Waals surface area (Å²) in [6.45, 7) is 5.14. The maximum atomic E-state index is 11.1. The first-order chi connectivity index (χ1) is 10.2. The first kappa shape index (κ1) is 20.7. The zero-order valence-corrected chi connectivity index (χ0v) is 15.9. The van der Waals surface area contributed by atoms with E-state index in [1.165, 1.54) is 7.11 Å². The first-order valence-electron chi connectivity index (χ1n) is 7.13. The van der Waals surface area contributed by atoms with Crippen LogP contribution in [-0.4, -0.2) is 37.8 Å². The lowest BCUT2D eigenvalue weighted by Crippen LogP contribution is -2.38. The smallest absolute Gasteiger partial charge is 0.307 e. The van der Waals surface area contributed by atoms with Gasteiger partial charge in [0, 0.05) is 32.1 Å². The number of nitrogens with one attached hydrogen (secondary N) is 2. The van der Waals surface area contributed by atoms with Crippen LogP contribution in [0.1, 0.15) is 37.3 Å². The van der Waals surface area contributed by atoms with Crippen molar-refractivity contribution in [1.82, 2.24) is 15.8 Å². The van der Waals surface area contributed by atoms with Crippen LogP contribution in [0, 0.1) is 0 Å². The molecule has 0 aliphatic heterocycles. The van der Waals surface area contributed by atoms with E-state index in [-0.39, 0.29) is 29.9 Å². The topological polar surface area (TPSA) is 88.8 Å². The number of ether oxygens (including phenoxy) is 1. The molecule has 2 N–H and O–H groups in total. The highest BCUT2D eigenvalue weighted by Crippen LogP contribution is 2.15. The molecule has 126 valence electrons. The van der Waals surface area contributed by atoms with E-state index < -0.39 is 0 Å². The number of guanidine groups is 1. The van der Waals surface area contributed by atoms with Crippen LogP contribution < -0.4 is 10.6 Å². The Morgan fingerprint density at radius 3 is 2.59 bits per heavy atom. The molecule has 0 fully saturated rings. The summed E-state index contributed by atoms with van der Waals surface area (Å²) in [5, 5.41) is 10.3. The number of aryl methyl sites for hydroxylation is 2. The van der Waals surface area contributed by atoms with Crippen LogP contribution in [0.3, 0.4) is 0 Å². The van der Waals surface area contributed by atoms with Gasteiger partial charge in [-0.25, -0.2) is 0 Å². The van der Waals surface area contributed by atoms with Gasteiger partial charge in [0.25, 0.3) is 0 Å². The highest BCUT2D eigenvalue weighted by Gasteiger charge is 2.13. The Labute approximate surface area is 148 Å². The summed E-state index contributed by atoms with van der Waals surface area (Å²) >= 11 is 0. The zero-order chi connectivity index (χ0) is 15.7. The molecule has 0 aromatic carbocycles. The van der Waals surface area contributed by atoms with Crippen LogP contribution in [0.4, 0.5) is 0 Å². The van der Waals surface area contributed by atoms with E-state index >= 15 is 0 Å². The molecule has 0 aliphatic rings. The van der Waals surface area contributed by atoms with E-state index in [1.54, 1.807) is 7.05 Å². The third-order valence-corrected chi connectivity index (χ3v) is 3.11. The van der Waals surface area contributed by atoms with Crippen LogP contribution in [0.5, 0.6) is 0 Å². The summed E-state index contributed by atoms with van der Waals surface area (Å²) < 4.78 is 9.90. The molecule has 0 atom stereocenters. The van der Waals surface area contributed by atoms with Crippen LogP contribution in [0.25, 0.3) is 0 Å².